The Morgan fingerprint density at radius 2 is 1.88 bits per heavy atom. The van der Waals surface area contributed by atoms with E-state index < -0.39 is 5.60 Å². The summed E-state index contributed by atoms with van der Waals surface area (Å²) in [5.41, 5.74) is 1.17. The first kappa shape index (κ1) is 17.3. The molecule has 2 heterocycles. The van der Waals surface area contributed by atoms with Gasteiger partial charge in [0.2, 0.25) is 0 Å². The summed E-state index contributed by atoms with van der Waals surface area (Å²) >= 11 is 0. The number of hydrogen-bond acceptors (Lipinski definition) is 3. The number of amides is 1. The van der Waals surface area contributed by atoms with Crippen molar-refractivity contribution in [1.82, 2.24) is 4.90 Å². The van der Waals surface area contributed by atoms with Crippen molar-refractivity contribution < 1.29 is 14.3 Å². The summed E-state index contributed by atoms with van der Waals surface area (Å²) in [5, 5.41) is 0. The molecular formula is C20H29NO3. The SMILES string of the molecule is CC(C)(C)OC(=O)N1CCC(CCc2ccccc2)([C@H]2CO2)CC1. The van der Waals surface area contributed by atoms with Crippen molar-refractivity contribution in [3.8, 4) is 0 Å². The van der Waals surface area contributed by atoms with E-state index in [2.05, 4.69) is 30.3 Å². The molecule has 0 unspecified atom stereocenters. The second kappa shape index (κ2) is 6.75. The fourth-order valence-corrected chi connectivity index (χ4v) is 3.63. The predicted octanol–water partition coefficient (Wildman–Crippen LogP) is 4.04. The van der Waals surface area contributed by atoms with E-state index >= 15 is 0 Å². The highest BCUT2D eigenvalue weighted by Crippen LogP contribution is 2.45. The first-order valence-corrected chi connectivity index (χ1v) is 9.01. The van der Waals surface area contributed by atoms with Crippen LogP contribution in [-0.2, 0) is 15.9 Å². The van der Waals surface area contributed by atoms with Crippen molar-refractivity contribution in [3.63, 3.8) is 0 Å². The van der Waals surface area contributed by atoms with Gasteiger partial charge < -0.3 is 14.4 Å². The number of benzene rings is 1. The first-order chi connectivity index (χ1) is 11.4. The van der Waals surface area contributed by atoms with Crippen molar-refractivity contribution in [2.45, 2.75) is 58.2 Å². The molecule has 2 saturated heterocycles. The van der Waals surface area contributed by atoms with Crippen molar-refractivity contribution in [2.24, 2.45) is 5.41 Å². The lowest BCUT2D eigenvalue weighted by atomic mass is 9.72. The lowest BCUT2D eigenvalue weighted by Crippen LogP contribution is -2.47. The maximum Gasteiger partial charge on any atom is 0.410 e. The number of aryl methyl sites for hydroxylation is 1. The average molecular weight is 331 g/mol. The van der Waals surface area contributed by atoms with Crippen molar-refractivity contribution in [2.75, 3.05) is 19.7 Å². The van der Waals surface area contributed by atoms with Crippen LogP contribution in [-0.4, -0.2) is 42.4 Å². The third-order valence-electron chi connectivity index (χ3n) is 5.18. The Hall–Kier alpha value is -1.55. The summed E-state index contributed by atoms with van der Waals surface area (Å²) in [7, 11) is 0. The molecule has 1 aromatic carbocycles. The summed E-state index contributed by atoms with van der Waals surface area (Å²) < 4.78 is 11.2. The zero-order valence-electron chi connectivity index (χ0n) is 15.1. The molecule has 4 nitrogen and oxygen atoms in total. The minimum Gasteiger partial charge on any atom is -0.444 e. The van der Waals surface area contributed by atoms with Crippen LogP contribution in [0.1, 0.15) is 45.6 Å². The van der Waals surface area contributed by atoms with Crippen LogP contribution in [0.3, 0.4) is 0 Å². The van der Waals surface area contributed by atoms with Gasteiger partial charge in [-0.15, -0.1) is 0 Å². The Labute approximate surface area is 145 Å². The second-order valence-corrected chi connectivity index (χ2v) is 8.14. The molecule has 0 aromatic heterocycles. The number of carbonyl (C=O) groups is 1. The number of nitrogens with zero attached hydrogens (tertiary/aromatic N) is 1. The van der Waals surface area contributed by atoms with Gasteiger partial charge in [0.05, 0.1) is 12.7 Å². The Morgan fingerprint density at radius 3 is 2.42 bits per heavy atom. The second-order valence-electron chi connectivity index (χ2n) is 8.14. The van der Waals surface area contributed by atoms with E-state index in [0.29, 0.717) is 6.10 Å². The normalized spacial score (nSPS) is 23.0. The molecule has 0 aliphatic carbocycles. The molecule has 0 N–H and O–H groups in total. The van der Waals surface area contributed by atoms with Gasteiger partial charge in [-0.2, -0.15) is 0 Å². The number of rotatable bonds is 4. The summed E-state index contributed by atoms with van der Waals surface area (Å²) in [4.78, 5) is 14.1. The fourth-order valence-electron chi connectivity index (χ4n) is 3.63. The number of epoxide rings is 1. The lowest BCUT2D eigenvalue weighted by Gasteiger charge is -2.41. The van der Waals surface area contributed by atoms with E-state index in [1.165, 1.54) is 5.56 Å². The topological polar surface area (TPSA) is 42.1 Å². The summed E-state index contributed by atoms with van der Waals surface area (Å²) in [5.74, 6) is 0. The highest BCUT2D eigenvalue weighted by molar-refractivity contribution is 5.68. The Bertz CT molecular complexity index is 552. The molecule has 2 fully saturated rings. The van der Waals surface area contributed by atoms with Gasteiger partial charge in [-0.25, -0.2) is 4.79 Å². The largest absolute Gasteiger partial charge is 0.444 e. The molecule has 3 rings (SSSR count). The zero-order valence-corrected chi connectivity index (χ0v) is 15.1. The molecule has 1 aromatic rings. The molecule has 0 bridgehead atoms. The summed E-state index contributed by atoms with van der Waals surface area (Å²) in [6.07, 6.45) is 4.41. The van der Waals surface area contributed by atoms with Gasteiger partial charge in [-0.05, 0) is 52.0 Å². The van der Waals surface area contributed by atoms with Crippen LogP contribution in [0.25, 0.3) is 0 Å². The molecule has 2 aliphatic rings. The molecule has 1 atom stereocenters. The van der Waals surface area contributed by atoms with Crippen LogP contribution in [0.4, 0.5) is 4.79 Å². The van der Waals surface area contributed by atoms with E-state index in [0.717, 1.165) is 45.4 Å². The quantitative estimate of drug-likeness (QED) is 0.782. The highest BCUT2D eigenvalue weighted by Gasteiger charge is 2.48. The van der Waals surface area contributed by atoms with Crippen LogP contribution >= 0.6 is 0 Å². The fraction of sp³-hybridized carbons (Fsp3) is 0.650. The molecule has 0 spiro atoms. The summed E-state index contributed by atoms with van der Waals surface area (Å²) in [6, 6.07) is 10.6. The maximum absolute atomic E-state index is 12.3. The van der Waals surface area contributed by atoms with Gasteiger partial charge in [0.25, 0.3) is 0 Å². The van der Waals surface area contributed by atoms with E-state index in [9.17, 15) is 4.79 Å². The molecule has 4 heteroatoms. The molecule has 2 aliphatic heterocycles. The van der Waals surface area contributed by atoms with E-state index in [-0.39, 0.29) is 11.5 Å². The average Bonchev–Trinajstić information content (AvgIpc) is 3.38. The van der Waals surface area contributed by atoms with Crippen molar-refractivity contribution in [3.05, 3.63) is 35.9 Å². The van der Waals surface area contributed by atoms with Gasteiger partial charge in [0, 0.05) is 18.5 Å². The molecule has 1 amide bonds. The van der Waals surface area contributed by atoms with Gasteiger partial charge in [-0.1, -0.05) is 30.3 Å². The predicted molar refractivity (Wildman–Crippen MR) is 94.0 cm³/mol. The number of piperidine rings is 1. The third kappa shape index (κ3) is 4.29. The number of ether oxygens (including phenoxy) is 2. The molecule has 132 valence electrons. The maximum atomic E-state index is 12.3. The first-order valence-electron chi connectivity index (χ1n) is 9.01. The van der Waals surface area contributed by atoms with Crippen molar-refractivity contribution in [1.29, 1.82) is 0 Å². The lowest BCUT2D eigenvalue weighted by molar-refractivity contribution is 0.00434. The summed E-state index contributed by atoms with van der Waals surface area (Å²) in [6.45, 7) is 8.15. The number of hydrogen-bond donors (Lipinski definition) is 0. The van der Waals surface area contributed by atoms with Gasteiger partial charge in [0.1, 0.15) is 5.60 Å². The molecule has 24 heavy (non-hydrogen) atoms. The monoisotopic (exact) mass is 331 g/mol. The smallest absolute Gasteiger partial charge is 0.410 e. The van der Waals surface area contributed by atoms with Crippen LogP contribution in [0, 0.1) is 5.41 Å². The number of likely N-dealkylation sites (tertiary alicyclic amines) is 1. The van der Waals surface area contributed by atoms with Crippen LogP contribution < -0.4 is 0 Å². The number of carbonyl (C=O) groups excluding carboxylic acids is 1. The van der Waals surface area contributed by atoms with E-state index in [1.54, 1.807) is 0 Å². The van der Waals surface area contributed by atoms with Crippen LogP contribution in [0.5, 0.6) is 0 Å². The Kier molecular flexibility index (Phi) is 4.86. The molecule has 0 saturated carbocycles. The molecular weight excluding hydrogens is 302 g/mol. The van der Waals surface area contributed by atoms with Gasteiger partial charge in [-0.3, -0.25) is 0 Å². The van der Waals surface area contributed by atoms with Gasteiger partial charge in [0.15, 0.2) is 0 Å². The highest BCUT2D eigenvalue weighted by atomic mass is 16.6. The van der Waals surface area contributed by atoms with E-state index in [4.69, 9.17) is 9.47 Å². The standard InChI is InChI=1S/C20H29NO3/c1-19(2,3)24-18(22)21-13-11-20(12-14-21,17-15-23-17)10-9-16-7-5-4-6-8-16/h4-8,17H,9-15H2,1-3H3/t17-/m1/s1. The third-order valence-corrected chi connectivity index (χ3v) is 5.18. The van der Waals surface area contributed by atoms with Gasteiger partial charge >= 0.3 is 6.09 Å². The van der Waals surface area contributed by atoms with Crippen molar-refractivity contribution >= 4 is 6.09 Å². The Morgan fingerprint density at radius 1 is 1.25 bits per heavy atom. The van der Waals surface area contributed by atoms with Crippen LogP contribution in [0.2, 0.25) is 0 Å². The minimum absolute atomic E-state index is 0.184. The minimum atomic E-state index is -0.432. The Balaban J connectivity index is 1.57. The van der Waals surface area contributed by atoms with E-state index in [1.807, 2.05) is 25.7 Å². The molecule has 0 radical (unpaired) electrons. The zero-order chi connectivity index (χ0) is 17.2. The van der Waals surface area contributed by atoms with Crippen LogP contribution in [0.15, 0.2) is 30.3 Å².